The second-order valence-corrected chi connectivity index (χ2v) is 4.40. The van der Waals surface area contributed by atoms with Crippen molar-refractivity contribution < 1.29 is 4.79 Å². The number of primary amides is 1. The summed E-state index contributed by atoms with van der Waals surface area (Å²) < 4.78 is 0. The van der Waals surface area contributed by atoms with Crippen molar-refractivity contribution in [2.45, 2.75) is 19.8 Å². The van der Waals surface area contributed by atoms with E-state index in [2.05, 4.69) is 14.9 Å². The Morgan fingerprint density at radius 2 is 2.29 bits per heavy atom. The largest absolute Gasteiger partial charge is 0.383 e. The van der Waals surface area contributed by atoms with E-state index in [1.807, 2.05) is 6.92 Å². The van der Waals surface area contributed by atoms with Gasteiger partial charge in [-0.15, -0.1) is 0 Å². The third-order valence-corrected chi connectivity index (χ3v) is 3.22. The van der Waals surface area contributed by atoms with Crippen LogP contribution < -0.4 is 16.4 Å². The lowest BCUT2D eigenvalue weighted by atomic mass is 9.97. The average molecular weight is 235 g/mol. The molecule has 1 fully saturated rings. The van der Waals surface area contributed by atoms with E-state index >= 15 is 0 Å². The van der Waals surface area contributed by atoms with Crippen molar-refractivity contribution in [1.82, 2.24) is 9.97 Å². The standard InChI is InChI=1S/C11H17N5O/c1-7-9(12)14-6-15-11(7)16-4-2-3-8(5-16)10(13)17/h6,8H,2-5H2,1H3,(H2,13,17)(H2,12,14,15). The Kier molecular flexibility index (Phi) is 3.12. The zero-order valence-corrected chi connectivity index (χ0v) is 9.89. The first-order chi connectivity index (χ1) is 8.09. The number of hydrogen-bond donors (Lipinski definition) is 2. The number of aromatic nitrogens is 2. The fourth-order valence-electron chi connectivity index (χ4n) is 2.17. The Hall–Kier alpha value is -1.85. The molecule has 2 rings (SSSR count). The minimum Gasteiger partial charge on any atom is -0.383 e. The summed E-state index contributed by atoms with van der Waals surface area (Å²) >= 11 is 0. The molecule has 0 spiro atoms. The van der Waals surface area contributed by atoms with Crippen molar-refractivity contribution in [1.29, 1.82) is 0 Å². The van der Waals surface area contributed by atoms with Crippen molar-refractivity contribution >= 4 is 17.5 Å². The van der Waals surface area contributed by atoms with E-state index in [0.717, 1.165) is 30.8 Å². The lowest BCUT2D eigenvalue weighted by molar-refractivity contribution is -0.122. The van der Waals surface area contributed by atoms with Gasteiger partial charge in [-0.2, -0.15) is 0 Å². The van der Waals surface area contributed by atoms with Crippen LogP contribution in [-0.2, 0) is 4.79 Å². The molecule has 0 saturated carbocycles. The summed E-state index contributed by atoms with van der Waals surface area (Å²) in [6.07, 6.45) is 3.24. The molecule has 1 saturated heterocycles. The number of anilines is 2. The topological polar surface area (TPSA) is 98.1 Å². The number of amides is 1. The SMILES string of the molecule is Cc1c(N)ncnc1N1CCCC(C(N)=O)C1. The van der Waals surface area contributed by atoms with Gasteiger partial charge in [0.2, 0.25) is 5.91 Å². The maximum atomic E-state index is 11.2. The number of nitrogen functional groups attached to an aromatic ring is 1. The van der Waals surface area contributed by atoms with Gasteiger partial charge in [-0.05, 0) is 19.8 Å². The molecule has 1 unspecified atom stereocenters. The fraction of sp³-hybridized carbons (Fsp3) is 0.545. The lowest BCUT2D eigenvalue weighted by Crippen LogP contribution is -2.41. The van der Waals surface area contributed by atoms with Crippen molar-refractivity contribution in [2.24, 2.45) is 11.7 Å². The predicted molar refractivity (Wildman–Crippen MR) is 65.3 cm³/mol. The second-order valence-electron chi connectivity index (χ2n) is 4.40. The minimum absolute atomic E-state index is 0.0978. The molecular formula is C11H17N5O. The Morgan fingerprint density at radius 3 is 3.00 bits per heavy atom. The van der Waals surface area contributed by atoms with Crippen LogP contribution in [0.3, 0.4) is 0 Å². The van der Waals surface area contributed by atoms with E-state index in [4.69, 9.17) is 11.5 Å². The molecule has 0 aromatic carbocycles. The normalized spacial score (nSPS) is 20.3. The van der Waals surface area contributed by atoms with Crippen LogP contribution >= 0.6 is 0 Å². The highest BCUT2D eigenvalue weighted by atomic mass is 16.1. The van der Waals surface area contributed by atoms with Crippen LogP contribution in [0.5, 0.6) is 0 Å². The number of nitrogens with zero attached hydrogens (tertiary/aromatic N) is 3. The highest BCUT2D eigenvalue weighted by Crippen LogP contribution is 2.25. The summed E-state index contributed by atoms with van der Waals surface area (Å²) in [6, 6.07) is 0. The predicted octanol–water partition coefficient (Wildman–Crippen LogP) is 0.0689. The molecule has 1 aliphatic heterocycles. The average Bonchev–Trinajstić information content (AvgIpc) is 2.33. The van der Waals surface area contributed by atoms with Gasteiger partial charge in [0.15, 0.2) is 0 Å². The molecule has 0 bridgehead atoms. The van der Waals surface area contributed by atoms with Crippen LogP contribution in [0.1, 0.15) is 18.4 Å². The molecule has 1 aromatic heterocycles. The Labute approximate surface area is 100 Å². The van der Waals surface area contributed by atoms with Crippen molar-refractivity contribution in [3.63, 3.8) is 0 Å². The Morgan fingerprint density at radius 1 is 1.53 bits per heavy atom. The van der Waals surface area contributed by atoms with Crippen LogP contribution in [0.4, 0.5) is 11.6 Å². The van der Waals surface area contributed by atoms with Crippen molar-refractivity contribution in [3.8, 4) is 0 Å². The number of piperidine rings is 1. The third kappa shape index (κ3) is 2.30. The molecule has 17 heavy (non-hydrogen) atoms. The molecule has 2 heterocycles. The summed E-state index contributed by atoms with van der Waals surface area (Å²) in [7, 11) is 0. The first kappa shape index (κ1) is 11.6. The molecule has 6 nitrogen and oxygen atoms in total. The first-order valence-corrected chi connectivity index (χ1v) is 5.71. The minimum atomic E-state index is -0.241. The molecule has 4 N–H and O–H groups in total. The number of rotatable bonds is 2. The number of carbonyl (C=O) groups excluding carboxylic acids is 1. The second kappa shape index (κ2) is 4.57. The number of nitrogens with two attached hydrogens (primary N) is 2. The zero-order chi connectivity index (χ0) is 12.4. The fourth-order valence-corrected chi connectivity index (χ4v) is 2.17. The van der Waals surface area contributed by atoms with Gasteiger partial charge in [0.05, 0.1) is 5.92 Å². The highest BCUT2D eigenvalue weighted by Gasteiger charge is 2.25. The highest BCUT2D eigenvalue weighted by molar-refractivity contribution is 5.77. The third-order valence-electron chi connectivity index (χ3n) is 3.22. The lowest BCUT2D eigenvalue weighted by Gasteiger charge is -2.32. The number of hydrogen-bond acceptors (Lipinski definition) is 5. The van der Waals surface area contributed by atoms with E-state index in [0.29, 0.717) is 12.4 Å². The van der Waals surface area contributed by atoms with Gasteiger partial charge in [0, 0.05) is 18.7 Å². The maximum absolute atomic E-state index is 11.2. The van der Waals surface area contributed by atoms with Crippen LogP contribution in [0, 0.1) is 12.8 Å². The molecule has 0 aliphatic carbocycles. The van der Waals surface area contributed by atoms with Crippen molar-refractivity contribution in [3.05, 3.63) is 11.9 Å². The van der Waals surface area contributed by atoms with E-state index in [1.54, 1.807) is 0 Å². The molecular weight excluding hydrogens is 218 g/mol. The van der Waals surface area contributed by atoms with Crippen LogP contribution in [0.2, 0.25) is 0 Å². The summed E-state index contributed by atoms with van der Waals surface area (Å²) in [4.78, 5) is 21.5. The van der Waals surface area contributed by atoms with Gasteiger partial charge in [0.25, 0.3) is 0 Å². The summed E-state index contributed by atoms with van der Waals surface area (Å²) in [5.41, 5.74) is 12.0. The number of carbonyl (C=O) groups is 1. The summed E-state index contributed by atoms with van der Waals surface area (Å²) in [5.74, 6) is 0.952. The molecule has 1 amide bonds. The van der Waals surface area contributed by atoms with E-state index in [1.165, 1.54) is 6.33 Å². The van der Waals surface area contributed by atoms with Crippen LogP contribution in [0.25, 0.3) is 0 Å². The van der Waals surface area contributed by atoms with Crippen molar-refractivity contribution in [2.75, 3.05) is 23.7 Å². The van der Waals surface area contributed by atoms with Crippen LogP contribution in [-0.4, -0.2) is 29.0 Å². The summed E-state index contributed by atoms with van der Waals surface area (Å²) in [6.45, 7) is 3.38. The molecule has 92 valence electrons. The Bertz CT molecular complexity index is 434. The molecule has 0 radical (unpaired) electrons. The van der Waals surface area contributed by atoms with Gasteiger partial charge < -0.3 is 16.4 Å². The Balaban J connectivity index is 2.22. The van der Waals surface area contributed by atoms with Gasteiger partial charge in [0.1, 0.15) is 18.0 Å². The van der Waals surface area contributed by atoms with Crippen LogP contribution in [0.15, 0.2) is 6.33 Å². The zero-order valence-electron chi connectivity index (χ0n) is 9.89. The summed E-state index contributed by atoms with van der Waals surface area (Å²) in [5, 5.41) is 0. The van der Waals surface area contributed by atoms with Gasteiger partial charge in [-0.25, -0.2) is 9.97 Å². The molecule has 1 atom stereocenters. The first-order valence-electron chi connectivity index (χ1n) is 5.71. The molecule has 6 heteroatoms. The smallest absolute Gasteiger partial charge is 0.222 e. The molecule has 1 aromatic rings. The van der Waals surface area contributed by atoms with E-state index in [-0.39, 0.29) is 11.8 Å². The van der Waals surface area contributed by atoms with Gasteiger partial charge in [-0.1, -0.05) is 0 Å². The van der Waals surface area contributed by atoms with E-state index < -0.39 is 0 Å². The van der Waals surface area contributed by atoms with E-state index in [9.17, 15) is 4.79 Å². The van der Waals surface area contributed by atoms with Gasteiger partial charge in [-0.3, -0.25) is 4.79 Å². The van der Waals surface area contributed by atoms with Gasteiger partial charge >= 0.3 is 0 Å². The molecule has 1 aliphatic rings. The monoisotopic (exact) mass is 235 g/mol. The maximum Gasteiger partial charge on any atom is 0.222 e. The quantitative estimate of drug-likeness (QED) is 0.755.